The lowest BCUT2D eigenvalue weighted by atomic mass is 9.81. The number of rotatable bonds is 8. The standard InChI is InChI=1S/C21H26N2O7S/c1-3-12-9-15(21(28)29-4-2)18(31-12)22-16(24)11-30-17(25)10-23-19(26)13-7-5-6-8-14(13)20(23)27/h9,13-14H,3-8,10-11H2,1-2H3,(H,22,24). The summed E-state index contributed by atoms with van der Waals surface area (Å²) in [4.78, 5) is 63.2. The van der Waals surface area contributed by atoms with E-state index in [1.54, 1.807) is 13.0 Å². The molecule has 2 aliphatic rings. The van der Waals surface area contributed by atoms with Crippen molar-refractivity contribution in [3.63, 3.8) is 0 Å². The van der Waals surface area contributed by atoms with E-state index in [-0.39, 0.29) is 35.8 Å². The van der Waals surface area contributed by atoms with E-state index < -0.39 is 31.0 Å². The molecular formula is C21H26N2O7S. The van der Waals surface area contributed by atoms with Crippen molar-refractivity contribution in [2.45, 2.75) is 46.0 Å². The number of carbonyl (C=O) groups excluding carboxylic acids is 5. The molecule has 0 spiro atoms. The highest BCUT2D eigenvalue weighted by Gasteiger charge is 2.48. The number of hydrogen-bond donors (Lipinski definition) is 1. The van der Waals surface area contributed by atoms with Gasteiger partial charge in [-0.1, -0.05) is 19.8 Å². The van der Waals surface area contributed by atoms with Gasteiger partial charge in [-0.05, 0) is 32.3 Å². The van der Waals surface area contributed by atoms with E-state index in [9.17, 15) is 24.0 Å². The molecular weight excluding hydrogens is 424 g/mol. The van der Waals surface area contributed by atoms with Gasteiger partial charge in [0.2, 0.25) is 11.8 Å². The van der Waals surface area contributed by atoms with Crippen LogP contribution in [0, 0.1) is 11.8 Å². The first-order valence-corrected chi connectivity index (χ1v) is 11.3. The van der Waals surface area contributed by atoms with Gasteiger partial charge in [0, 0.05) is 4.88 Å². The van der Waals surface area contributed by atoms with Crippen molar-refractivity contribution in [3.8, 4) is 0 Å². The normalized spacial score (nSPS) is 20.4. The Morgan fingerprint density at radius 1 is 1.10 bits per heavy atom. The number of esters is 2. The molecule has 2 atom stereocenters. The molecule has 3 rings (SSSR count). The van der Waals surface area contributed by atoms with Crippen molar-refractivity contribution >= 4 is 46.0 Å². The fraction of sp³-hybridized carbons (Fsp3) is 0.571. The summed E-state index contributed by atoms with van der Waals surface area (Å²) in [5, 5.41) is 2.89. The van der Waals surface area contributed by atoms with Crippen molar-refractivity contribution in [2.24, 2.45) is 11.8 Å². The highest BCUT2D eigenvalue weighted by Crippen LogP contribution is 2.37. The van der Waals surface area contributed by atoms with Crippen molar-refractivity contribution in [1.29, 1.82) is 0 Å². The van der Waals surface area contributed by atoms with Crippen LogP contribution >= 0.6 is 11.3 Å². The number of carbonyl (C=O) groups is 5. The summed E-state index contributed by atoms with van der Waals surface area (Å²) in [5.74, 6) is -3.35. The molecule has 1 saturated heterocycles. The number of ether oxygens (including phenoxy) is 2. The van der Waals surface area contributed by atoms with Gasteiger partial charge in [-0.15, -0.1) is 11.3 Å². The molecule has 1 aromatic rings. The lowest BCUT2D eigenvalue weighted by molar-refractivity contribution is -0.154. The number of likely N-dealkylation sites (tertiary alicyclic amines) is 1. The monoisotopic (exact) mass is 450 g/mol. The smallest absolute Gasteiger partial charge is 0.341 e. The average Bonchev–Trinajstić information content (AvgIpc) is 3.27. The Kier molecular flexibility index (Phi) is 7.42. The summed E-state index contributed by atoms with van der Waals surface area (Å²) >= 11 is 1.24. The first-order chi connectivity index (χ1) is 14.8. The van der Waals surface area contributed by atoms with Crippen LogP contribution in [-0.2, 0) is 35.1 Å². The maximum absolute atomic E-state index is 12.4. The predicted octanol–water partition coefficient (Wildman–Crippen LogP) is 2.14. The molecule has 1 aromatic heterocycles. The van der Waals surface area contributed by atoms with Crippen LogP contribution in [0.1, 0.15) is 54.8 Å². The summed E-state index contributed by atoms with van der Waals surface area (Å²) in [7, 11) is 0. The van der Waals surface area contributed by atoms with Crippen LogP contribution in [0.5, 0.6) is 0 Å². The maximum Gasteiger partial charge on any atom is 0.341 e. The maximum atomic E-state index is 12.4. The number of nitrogens with one attached hydrogen (secondary N) is 1. The van der Waals surface area contributed by atoms with Gasteiger partial charge in [-0.2, -0.15) is 0 Å². The topological polar surface area (TPSA) is 119 Å². The van der Waals surface area contributed by atoms with Crippen molar-refractivity contribution < 1.29 is 33.4 Å². The van der Waals surface area contributed by atoms with Gasteiger partial charge in [0.15, 0.2) is 6.61 Å². The highest BCUT2D eigenvalue weighted by molar-refractivity contribution is 7.16. The summed E-state index contributed by atoms with van der Waals surface area (Å²) in [6.45, 7) is 2.73. The van der Waals surface area contributed by atoms with Crippen LogP contribution in [0.2, 0.25) is 0 Å². The van der Waals surface area contributed by atoms with Gasteiger partial charge < -0.3 is 14.8 Å². The van der Waals surface area contributed by atoms with Gasteiger partial charge in [-0.3, -0.25) is 24.1 Å². The lowest BCUT2D eigenvalue weighted by Gasteiger charge is -2.19. The van der Waals surface area contributed by atoms with Crippen LogP contribution in [0.4, 0.5) is 5.00 Å². The minimum atomic E-state index is -0.832. The average molecular weight is 451 g/mol. The van der Waals surface area contributed by atoms with Crippen LogP contribution in [0.15, 0.2) is 6.07 Å². The van der Waals surface area contributed by atoms with Gasteiger partial charge in [0.05, 0.1) is 24.0 Å². The Balaban J connectivity index is 1.54. The number of amides is 3. The summed E-state index contributed by atoms with van der Waals surface area (Å²) in [5.41, 5.74) is 0.249. The third-order valence-corrected chi connectivity index (χ3v) is 6.66. The lowest BCUT2D eigenvalue weighted by Crippen LogP contribution is -2.37. The third-order valence-electron chi connectivity index (χ3n) is 5.46. The molecule has 0 aromatic carbocycles. The minimum Gasteiger partial charge on any atom is -0.462 e. The van der Waals surface area contributed by atoms with E-state index >= 15 is 0 Å². The van der Waals surface area contributed by atoms with E-state index in [1.807, 2.05) is 6.92 Å². The van der Waals surface area contributed by atoms with Gasteiger partial charge in [-0.25, -0.2) is 4.79 Å². The SMILES string of the molecule is CCOC(=O)c1cc(CC)sc1NC(=O)COC(=O)CN1C(=O)C2CCCCC2C1=O. The molecule has 10 heteroatoms. The molecule has 2 heterocycles. The van der Waals surface area contributed by atoms with Crippen LogP contribution in [0.25, 0.3) is 0 Å². The molecule has 168 valence electrons. The van der Waals surface area contributed by atoms with E-state index in [1.165, 1.54) is 11.3 Å². The first kappa shape index (κ1) is 22.9. The predicted molar refractivity (Wildman–Crippen MR) is 111 cm³/mol. The van der Waals surface area contributed by atoms with Crippen LogP contribution < -0.4 is 5.32 Å². The van der Waals surface area contributed by atoms with Gasteiger partial charge >= 0.3 is 11.9 Å². The molecule has 31 heavy (non-hydrogen) atoms. The number of nitrogens with zero attached hydrogens (tertiary/aromatic N) is 1. The number of aryl methyl sites for hydroxylation is 1. The first-order valence-electron chi connectivity index (χ1n) is 10.5. The molecule has 2 fully saturated rings. The summed E-state index contributed by atoms with van der Waals surface area (Å²) in [6, 6.07) is 1.66. The number of anilines is 1. The Labute approximate surface area is 184 Å². The zero-order valence-electron chi connectivity index (χ0n) is 17.6. The zero-order chi connectivity index (χ0) is 22.5. The molecule has 0 bridgehead atoms. The molecule has 1 aliphatic carbocycles. The Morgan fingerprint density at radius 3 is 2.32 bits per heavy atom. The molecule has 1 aliphatic heterocycles. The van der Waals surface area contributed by atoms with Gasteiger partial charge in [0.25, 0.3) is 5.91 Å². The largest absolute Gasteiger partial charge is 0.462 e. The van der Waals surface area contributed by atoms with E-state index in [4.69, 9.17) is 9.47 Å². The number of fused-ring (bicyclic) bond motifs is 1. The van der Waals surface area contributed by atoms with E-state index in [0.717, 1.165) is 22.6 Å². The van der Waals surface area contributed by atoms with Crippen LogP contribution in [0.3, 0.4) is 0 Å². The highest BCUT2D eigenvalue weighted by atomic mass is 32.1. The Bertz CT molecular complexity index is 870. The fourth-order valence-electron chi connectivity index (χ4n) is 3.94. The Hall–Kier alpha value is -2.75. The zero-order valence-corrected chi connectivity index (χ0v) is 18.4. The van der Waals surface area contributed by atoms with Crippen molar-refractivity contribution in [1.82, 2.24) is 4.90 Å². The third kappa shape index (κ3) is 5.12. The second-order valence-corrected chi connectivity index (χ2v) is 8.64. The number of hydrogen-bond acceptors (Lipinski definition) is 8. The van der Waals surface area contributed by atoms with Gasteiger partial charge in [0.1, 0.15) is 11.5 Å². The molecule has 2 unspecified atom stereocenters. The second-order valence-electron chi connectivity index (χ2n) is 7.50. The Morgan fingerprint density at radius 2 is 1.74 bits per heavy atom. The molecule has 3 amide bonds. The summed E-state index contributed by atoms with van der Waals surface area (Å²) < 4.78 is 9.96. The minimum absolute atomic E-state index is 0.205. The molecule has 9 nitrogen and oxygen atoms in total. The number of thiophene rings is 1. The van der Waals surface area contributed by atoms with Crippen molar-refractivity contribution in [3.05, 3.63) is 16.5 Å². The second kappa shape index (κ2) is 10.0. The number of imide groups is 1. The fourth-order valence-corrected chi connectivity index (χ4v) is 4.94. The molecule has 1 saturated carbocycles. The van der Waals surface area contributed by atoms with E-state index in [0.29, 0.717) is 24.3 Å². The molecule has 0 radical (unpaired) electrons. The van der Waals surface area contributed by atoms with Crippen LogP contribution in [-0.4, -0.2) is 54.3 Å². The summed E-state index contributed by atoms with van der Waals surface area (Å²) in [6.07, 6.45) is 3.80. The van der Waals surface area contributed by atoms with Crippen molar-refractivity contribution in [2.75, 3.05) is 25.1 Å². The molecule has 1 N–H and O–H groups in total. The quantitative estimate of drug-likeness (QED) is 0.476. The van der Waals surface area contributed by atoms with E-state index in [2.05, 4.69) is 5.32 Å².